The minimum Gasteiger partial charge on any atom is -0.395 e. The van der Waals surface area contributed by atoms with Crippen molar-refractivity contribution in [2.75, 3.05) is 30.8 Å². The Morgan fingerprint density at radius 2 is 1.76 bits per heavy atom. The molecule has 3 N–H and O–H groups in total. The predicted octanol–water partition coefficient (Wildman–Crippen LogP) is 6.74. The van der Waals surface area contributed by atoms with E-state index < -0.39 is 11.7 Å². The van der Waals surface area contributed by atoms with Gasteiger partial charge in [0.1, 0.15) is 17.9 Å². The van der Waals surface area contributed by atoms with Gasteiger partial charge in [0.2, 0.25) is 0 Å². The Morgan fingerprint density at radius 1 is 1.00 bits per heavy atom. The summed E-state index contributed by atoms with van der Waals surface area (Å²) in [5.41, 5.74) is 6.43. The van der Waals surface area contributed by atoms with Gasteiger partial charge in [-0.25, -0.2) is 9.67 Å². The zero-order valence-corrected chi connectivity index (χ0v) is 26.4. The molecule has 8 nitrogen and oxygen atoms in total. The van der Waals surface area contributed by atoms with Crippen LogP contribution in [0.2, 0.25) is 0 Å². The molecule has 0 radical (unpaired) electrons. The molecule has 2 aromatic carbocycles. The average molecular weight is 623 g/mol. The summed E-state index contributed by atoms with van der Waals surface area (Å²) in [5.74, 6) is 1.78. The van der Waals surface area contributed by atoms with Crippen molar-refractivity contribution in [1.29, 1.82) is 0 Å². The summed E-state index contributed by atoms with van der Waals surface area (Å²) in [7, 11) is 1.95. The van der Waals surface area contributed by atoms with Crippen molar-refractivity contribution in [3.05, 3.63) is 99.9 Å². The molecule has 0 amide bonds. The highest BCUT2D eigenvalue weighted by atomic mass is 19.4. The number of aliphatic hydroxyl groups is 1. The van der Waals surface area contributed by atoms with Gasteiger partial charge in [-0.2, -0.15) is 18.3 Å². The van der Waals surface area contributed by atoms with Crippen LogP contribution in [0.5, 0.6) is 0 Å². The molecule has 1 aliphatic rings. The third kappa shape index (κ3) is 8.92. The summed E-state index contributed by atoms with van der Waals surface area (Å²) >= 11 is 0. The second-order valence-corrected chi connectivity index (χ2v) is 12.1. The number of carbonyl (C=O) groups excluding carboxylic acids is 1. The topological polar surface area (TPSA) is 95.3 Å². The first kappa shape index (κ1) is 33.7. The number of anilines is 3. The maximum absolute atomic E-state index is 12.0. The zero-order valence-electron chi connectivity index (χ0n) is 26.4. The summed E-state index contributed by atoms with van der Waals surface area (Å²) in [6, 6.07) is 15.0. The van der Waals surface area contributed by atoms with Crippen molar-refractivity contribution in [2.24, 2.45) is 0 Å². The van der Waals surface area contributed by atoms with Crippen LogP contribution >= 0.6 is 0 Å². The Morgan fingerprint density at radius 3 is 2.42 bits per heavy atom. The summed E-state index contributed by atoms with van der Waals surface area (Å²) in [4.78, 5) is 17.0. The number of carbonyl (C=O) groups is 1. The van der Waals surface area contributed by atoms with Gasteiger partial charge in [0.05, 0.1) is 23.4 Å². The Kier molecular flexibility index (Phi) is 10.7. The molecular formula is C34H41F3N6O2. The smallest absolute Gasteiger partial charge is 0.395 e. The summed E-state index contributed by atoms with van der Waals surface area (Å²) in [5, 5.41) is 20.9. The molecule has 4 aromatic rings. The van der Waals surface area contributed by atoms with E-state index in [1.54, 1.807) is 0 Å². The molecule has 0 aliphatic carbocycles. The minimum atomic E-state index is -4.38. The molecule has 240 valence electrons. The summed E-state index contributed by atoms with van der Waals surface area (Å²) < 4.78 is 38.0. The fourth-order valence-electron chi connectivity index (χ4n) is 5.15. The molecule has 45 heavy (non-hydrogen) atoms. The number of nitrogens with zero attached hydrogens (tertiary/aromatic N) is 4. The number of halogens is 3. The van der Waals surface area contributed by atoms with E-state index in [0.29, 0.717) is 12.8 Å². The number of nitrogens with one attached hydrogen (secondary N) is 2. The highest BCUT2D eigenvalue weighted by Crippen LogP contribution is 2.30. The van der Waals surface area contributed by atoms with E-state index in [-0.39, 0.29) is 17.7 Å². The second kappa shape index (κ2) is 14.3. The van der Waals surface area contributed by atoms with E-state index in [1.165, 1.54) is 34.4 Å². The predicted molar refractivity (Wildman–Crippen MR) is 171 cm³/mol. The zero-order chi connectivity index (χ0) is 32.8. The first-order valence-electron chi connectivity index (χ1n) is 14.9. The van der Waals surface area contributed by atoms with Crippen LogP contribution in [0.4, 0.5) is 30.5 Å². The number of alkyl halides is 3. The number of hydrogen-bond acceptors (Lipinski definition) is 7. The average Bonchev–Trinajstić information content (AvgIpc) is 3.60. The van der Waals surface area contributed by atoms with Crippen LogP contribution in [0.15, 0.2) is 60.8 Å². The van der Waals surface area contributed by atoms with E-state index in [9.17, 15) is 23.1 Å². The van der Waals surface area contributed by atoms with Gasteiger partial charge >= 0.3 is 6.18 Å². The number of fused-ring (bicyclic) bond motifs is 1. The van der Waals surface area contributed by atoms with Crippen molar-refractivity contribution < 1.29 is 23.1 Å². The van der Waals surface area contributed by atoms with Crippen LogP contribution in [0, 0.1) is 6.92 Å². The van der Waals surface area contributed by atoms with Crippen molar-refractivity contribution in [3.8, 4) is 0 Å². The van der Waals surface area contributed by atoms with Crippen molar-refractivity contribution in [1.82, 2.24) is 19.7 Å². The van der Waals surface area contributed by atoms with E-state index in [0.717, 1.165) is 61.1 Å². The van der Waals surface area contributed by atoms with Gasteiger partial charge in [0, 0.05) is 50.2 Å². The number of aliphatic hydroxyl groups excluding tert-OH is 1. The summed E-state index contributed by atoms with van der Waals surface area (Å²) in [6.07, 6.45) is -0.223. The number of aryl methyl sites for hydroxylation is 3. The lowest BCUT2D eigenvalue weighted by Gasteiger charge is -2.22. The standard InChI is InChI=1S/C26H36N6O.C8H5F3O/c1-18-6-8-22(27-5)12-19(18)7-9-23-14-25(32(30-23)26(2,3)4)29-24-13-20-16-31(10-11-33)17-21(20)15-28-24;9-8(10,11)7-3-1-2-6(4-7)5-12/h6,8,12-15,27,33H,7,9-11,16-17H2,1-5H3,(H,28,29);1-5H. The molecule has 11 heteroatoms. The number of β-amino-alcohol motifs (C(OH)–C–C–N with tert-alkyl or cyclic N) is 1. The van der Waals surface area contributed by atoms with Crippen LogP contribution in [-0.2, 0) is 37.6 Å². The fourth-order valence-corrected chi connectivity index (χ4v) is 5.15. The van der Waals surface area contributed by atoms with Gasteiger partial charge in [-0.3, -0.25) is 9.69 Å². The Bertz CT molecular complexity index is 1610. The van der Waals surface area contributed by atoms with E-state index >= 15 is 0 Å². The molecule has 0 fully saturated rings. The molecule has 0 saturated carbocycles. The Hall–Kier alpha value is -4.22. The van der Waals surface area contributed by atoms with Gasteiger partial charge in [-0.05, 0) is 93.1 Å². The van der Waals surface area contributed by atoms with Gasteiger partial charge in [-0.15, -0.1) is 0 Å². The highest BCUT2D eigenvalue weighted by molar-refractivity contribution is 5.75. The number of benzene rings is 2. The third-order valence-electron chi connectivity index (χ3n) is 7.58. The van der Waals surface area contributed by atoms with Crippen LogP contribution in [0.1, 0.15) is 64.6 Å². The SMILES string of the molecule is CNc1ccc(C)c(CCc2cc(Nc3cc4c(cn3)CN(CCO)C4)n(C(C)(C)C)n2)c1.O=Cc1cccc(C(F)(F)F)c1. The minimum absolute atomic E-state index is 0.0322. The number of hydrogen-bond donors (Lipinski definition) is 3. The van der Waals surface area contributed by atoms with Gasteiger partial charge in [-0.1, -0.05) is 18.2 Å². The molecule has 0 saturated heterocycles. The van der Waals surface area contributed by atoms with Gasteiger partial charge in [0.25, 0.3) is 0 Å². The van der Waals surface area contributed by atoms with Gasteiger partial charge in [0.15, 0.2) is 0 Å². The lowest BCUT2D eigenvalue weighted by atomic mass is 10.0. The maximum atomic E-state index is 12.0. The molecule has 0 atom stereocenters. The molecular weight excluding hydrogens is 581 g/mol. The molecule has 0 unspecified atom stereocenters. The number of pyridine rings is 1. The monoisotopic (exact) mass is 622 g/mol. The fraction of sp³-hybridized carbons (Fsp3) is 0.382. The van der Waals surface area contributed by atoms with Crippen LogP contribution < -0.4 is 10.6 Å². The van der Waals surface area contributed by atoms with E-state index in [4.69, 9.17) is 5.10 Å². The first-order chi connectivity index (χ1) is 21.3. The Balaban J connectivity index is 0.000000323. The van der Waals surface area contributed by atoms with Crippen LogP contribution in [0.25, 0.3) is 0 Å². The largest absolute Gasteiger partial charge is 0.416 e. The van der Waals surface area contributed by atoms with Crippen molar-refractivity contribution in [3.63, 3.8) is 0 Å². The molecule has 0 bridgehead atoms. The first-order valence-corrected chi connectivity index (χ1v) is 14.9. The van der Waals surface area contributed by atoms with E-state index in [2.05, 4.69) is 83.2 Å². The summed E-state index contributed by atoms with van der Waals surface area (Å²) in [6.45, 7) is 11.2. The number of aldehydes is 1. The highest BCUT2D eigenvalue weighted by Gasteiger charge is 2.30. The maximum Gasteiger partial charge on any atom is 0.416 e. The van der Waals surface area contributed by atoms with E-state index in [1.807, 2.05) is 13.2 Å². The molecule has 0 spiro atoms. The number of rotatable bonds is 9. The number of aromatic nitrogens is 3. The second-order valence-electron chi connectivity index (χ2n) is 12.1. The normalized spacial score (nSPS) is 13.2. The Labute approximate surface area is 262 Å². The third-order valence-corrected chi connectivity index (χ3v) is 7.58. The molecule has 2 aromatic heterocycles. The molecule has 3 heterocycles. The lowest BCUT2D eigenvalue weighted by molar-refractivity contribution is -0.137. The van der Waals surface area contributed by atoms with Crippen LogP contribution in [0.3, 0.4) is 0 Å². The molecule has 5 rings (SSSR count). The van der Waals surface area contributed by atoms with Crippen molar-refractivity contribution >= 4 is 23.6 Å². The molecule has 1 aliphatic heterocycles. The van der Waals surface area contributed by atoms with Gasteiger partial charge < -0.3 is 15.7 Å². The van der Waals surface area contributed by atoms with Crippen molar-refractivity contribution in [2.45, 2.75) is 65.3 Å². The van der Waals surface area contributed by atoms with Crippen LogP contribution in [-0.4, -0.2) is 51.3 Å². The quantitative estimate of drug-likeness (QED) is 0.178. The lowest BCUT2D eigenvalue weighted by Crippen LogP contribution is -2.24.